The first-order valence-electron chi connectivity index (χ1n) is 6.14. The Hall–Kier alpha value is -1.73. The number of nitro groups is 1. The number of aliphatic hydroxyl groups excluding tert-OH is 1. The molecule has 1 aromatic carbocycles. The summed E-state index contributed by atoms with van der Waals surface area (Å²) in [6, 6.07) is 3.51. The van der Waals surface area contributed by atoms with Crippen LogP contribution in [0.1, 0.15) is 0 Å². The van der Waals surface area contributed by atoms with Crippen LogP contribution in [0, 0.1) is 15.9 Å². The van der Waals surface area contributed by atoms with Crippen LogP contribution in [0.4, 0.5) is 15.8 Å². The Bertz CT molecular complexity index is 462. The van der Waals surface area contributed by atoms with Gasteiger partial charge in [0.1, 0.15) is 11.5 Å². The SMILES string of the molecule is O=[N+]([O-])c1ccc(F)cc1N1CCN(CCO)CC1. The molecule has 0 unspecified atom stereocenters. The zero-order valence-electron chi connectivity index (χ0n) is 10.5. The number of rotatable bonds is 4. The molecular weight excluding hydrogens is 253 g/mol. The van der Waals surface area contributed by atoms with E-state index in [1.807, 2.05) is 4.90 Å². The second-order valence-electron chi connectivity index (χ2n) is 4.44. The van der Waals surface area contributed by atoms with Gasteiger partial charge in [-0.05, 0) is 6.07 Å². The minimum Gasteiger partial charge on any atom is -0.395 e. The average Bonchev–Trinajstić information content (AvgIpc) is 2.39. The van der Waals surface area contributed by atoms with Gasteiger partial charge in [-0.1, -0.05) is 0 Å². The summed E-state index contributed by atoms with van der Waals surface area (Å²) in [7, 11) is 0. The zero-order valence-corrected chi connectivity index (χ0v) is 10.5. The van der Waals surface area contributed by atoms with Crippen LogP contribution in [-0.4, -0.2) is 54.3 Å². The predicted molar refractivity (Wildman–Crippen MR) is 68.8 cm³/mol. The van der Waals surface area contributed by atoms with Crippen molar-refractivity contribution in [2.24, 2.45) is 0 Å². The molecule has 1 aromatic rings. The molecule has 0 amide bonds. The third-order valence-corrected chi connectivity index (χ3v) is 3.26. The molecule has 0 saturated carbocycles. The molecule has 0 spiro atoms. The van der Waals surface area contributed by atoms with Gasteiger partial charge in [0.2, 0.25) is 0 Å². The highest BCUT2D eigenvalue weighted by molar-refractivity contribution is 5.63. The van der Waals surface area contributed by atoms with E-state index in [4.69, 9.17) is 5.11 Å². The molecule has 7 heteroatoms. The first-order chi connectivity index (χ1) is 9.11. The van der Waals surface area contributed by atoms with Gasteiger partial charge >= 0.3 is 0 Å². The summed E-state index contributed by atoms with van der Waals surface area (Å²) < 4.78 is 13.3. The van der Waals surface area contributed by atoms with E-state index in [-0.39, 0.29) is 12.3 Å². The van der Waals surface area contributed by atoms with Gasteiger partial charge in [-0.25, -0.2) is 4.39 Å². The third kappa shape index (κ3) is 3.18. The molecule has 1 saturated heterocycles. The van der Waals surface area contributed by atoms with Crippen molar-refractivity contribution in [2.45, 2.75) is 0 Å². The fourth-order valence-electron chi connectivity index (χ4n) is 2.26. The molecule has 1 heterocycles. The number of hydrogen-bond donors (Lipinski definition) is 1. The molecule has 0 atom stereocenters. The van der Waals surface area contributed by atoms with E-state index in [0.717, 1.165) is 6.07 Å². The van der Waals surface area contributed by atoms with E-state index in [1.54, 1.807) is 0 Å². The Morgan fingerprint density at radius 1 is 1.32 bits per heavy atom. The zero-order chi connectivity index (χ0) is 13.8. The maximum atomic E-state index is 13.3. The summed E-state index contributed by atoms with van der Waals surface area (Å²) in [5.41, 5.74) is 0.255. The normalized spacial score (nSPS) is 16.6. The number of anilines is 1. The molecular formula is C12H16FN3O3. The maximum absolute atomic E-state index is 13.3. The lowest BCUT2D eigenvalue weighted by Gasteiger charge is -2.35. The molecule has 104 valence electrons. The van der Waals surface area contributed by atoms with Gasteiger partial charge in [-0.3, -0.25) is 15.0 Å². The van der Waals surface area contributed by atoms with Crippen molar-refractivity contribution in [2.75, 3.05) is 44.2 Å². The average molecular weight is 269 g/mol. The Kier molecular flexibility index (Phi) is 4.28. The fourth-order valence-corrected chi connectivity index (χ4v) is 2.26. The van der Waals surface area contributed by atoms with E-state index >= 15 is 0 Å². The Morgan fingerprint density at radius 3 is 2.58 bits per heavy atom. The molecule has 1 aliphatic rings. The Balaban J connectivity index is 2.14. The van der Waals surface area contributed by atoms with Crippen LogP contribution >= 0.6 is 0 Å². The number of halogens is 1. The minimum atomic E-state index is -0.491. The topological polar surface area (TPSA) is 69.9 Å². The molecule has 1 aliphatic heterocycles. The largest absolute Gasteiger partial charge is 0.395 e. The maximum Gasteiger partial charge on any atom is 0.292 e. The van der Waals surface area contributed by atoms with Crippen LogP contribution < -0.4 is 4.90 Å². The van der Waals surface area contributed by atoms with Gasteiger partial charge in [-0.2, -0.15) is 0 Å². The standard InChI is InChI=1S/C12H16FN3O3/c13-10-1-2-11(16(18)19)12(9-10)15-5-3-14(4-6-15)7-8-17/h1-2,9,17H,3-8H2. The number of piperazine rings is 1. The van der Waals surface area contributed by atoms with E-state index in [1.165, 1.54) is 12.1 Å². The molecule has 0 aliphatic carbocycles. The highest BCUT2D eigenvalue weighted by Crippen LogP contribution is 2.29. The van der Waals surface area contributed by atoms with Crippen molar-refractivity contribution < 1.29 is 14.4 Å². The van der Waals surface area contributed by atoms with Crippen LogP contribution in [0.3, 0.4) is 0 Å². The van der Waals surface area contributed by atoms with Crippen LogP contribution in [-0.2, 0) is 0 Å². The van der Waals surface area contributed by atoms with Gasteiger partial charge in [-0.15, -0.1) is 0 Å². The summed E-state index contributed by atoms with van der Waals surface area (Å²) in [5.74, 6) is -0.474. The van der Waals surface area contributed by atoms with E-state index in [2.05, 4.69) is 4.90 Å². The van der Waals surface area contributed by atoms with Crippen molar-refractivity contribution in [3.05, 3.63) is 34.1 Å². The summed E-state index contributed by atoms with van der Waals surface area (Å²) >= 11 is 0. The van der Waals surface area contributed by atoms with E-state index in [0.29, 0.717) is 38.4 Å². The van der Waals surface area contributed by atoms with Crippen LogP contribution in [0.15, 0.2) is 18.2 Å². The number of nitrogens with zero attached hydrogens (tertiary/aromatic N) is 3. The highest BCUT2D eigenvalue weighted by atomic mass is 19.1. The van der Waals surface area contributed by atoms with Crippen LogP contribution in [0.5, 0.6) is 0 Å². The molecule has 0 radical (unpaired) electrons. The molecule has 1 N–H and O–H groups in total. The number of nitro benzene ring substituents is 1. The summed E-state index contributed by atoms with van der Waals surface area (Å²) in [4.78, 5) is 14.3. The van der Waals surface area contributed by atoms with Crippen molar-refractivity contribution in [1.29, 1.82) is 0 Å². The van der Waals surface area contributed by atoms with Crippen molar-refractivity contribution in [3.63, 3.8) is 0 Å². The monoisotopic (exact) mass is 269 g/mol. The van der Waals surface area contributed by atoms with Crippen molar-refractivity contribution in [3.8, 4) is 0 Å². The van der Waals surface area contributed by atoms with E-state index < -0.39 is 10.7 Å². The lowest BCUT2D eigenvalue weighted by atomic mass is 10.2. The summed E-state index contributed by atoms with van der Waals surface area (Å²) in [6.07, 6.45) is 0. The molecule has 2 rings (SSSR count). The fraction of sp³-hybridized carbons (Fsp3) is 0.500. The molecule has 19 heavy (non-hydrogen) atoms. The second kappa shape index (κ2) is 5.94. The summed E-state index contributed by atoms with van der Waals surface area (Å²) in [6.45, 7) is 3.27. The van der Waals surface area contributed by atoms with Crippen molar-refractivity contribution >= 4 is 11.4 Å². The third-order valence-electron chi connectivity index (χ3n) is 3.26. The van der Waals surface area contributed by atoms with Gasteiger partial charge in [0.25, 0.3) is 5.69 Å². The summed E-state index contributed by atoms with van der Waals surface area (Å²) in [5, 5.41) is 19.8. The lowest BCUT2D eigenvalue weighted by molar-refractivity contribution is -0.384. The van der Waals surface area contributed by atoms with Crippen molar-refractivity contribution in [1.82, 2.24) is 4.90 Å². The van der Waals surface area contributed by atoms with Gasteiger partial charge < -0.3 is 10.0 Å². The molecule has 6 nitrogen and oxygen atoms in total. The quantitative estimate of drug-likeness (QED) is 0.648. The van der Waals surface area contributed by atoms with Gasteiger partial charge in [0.05, 0.1) is 11.5 Å². The van der Waals surface area contributed by atoms with Crippen LogP contribution in [0.25, 0.3) is 0 Å². The highest BCUT2D eigenvalue weighted by Gasteiger charge is 2.23. The number of hydrogen-bond acceptors (Lipinski definition) is 5. The molecule has 1 fully saturated rings. The molecule has 0 bridgehead atoms. The lowest BCUT2D eigenvalue weighted by Crippen LogP contribution is -2.47. The first kappa shape index (κ1) is 13.7. The number of aliphatic hydroxyl groups is 1. The smallest absolute Gasteiger partial charge is 0.292 e. The number of benzene rings is 1. The predicted octanol–water partition coefficient (Wildman–Crippen LogP) is 0.848. The van der Waals surface area contributed by atoms with Gasteiger partial charge in [0.15, 0.2) is 0 Å². The Morgan fingerprint density at radius 2 is 2.00 bits per heavy atom. The molecule has 0 aromatic heterocycles. The first-order valence-corrected chi connectivity index (χ1v) is 6.14. The van der Waals surface area contributed by atoms with Gasteiger partial charge in [0, 0.05) is 44.9 Å². The second-order valence-corrected chi connectivity index (χ2v) is 4.44. The minimum absolute atomic E-state index is 0.0722. The van der Waals surface area contributed by atoms with Crippen LogP contribution in [0.2, 0.25) is 0 Å². The van der Waals surface area contributed by atoms with E-state index in [9.17, 15) is 14.5 Å². The number of β-amino-alcohol motifs (C(OH)–C–C–N with tert-alkyl or cyclic N) is 1. The Labute approximate surface area is 110 Å².